The lowest BCUT2D eigenvalue weighted by Crippen LogP contribution is -2.50. The maximum Gasteiger partial charge on any atom is 0.234 e. The number of morpholine rings is 1. The third-order valence-electron chi connectivity index (χ3n) is 5.90. The molecule has 2 fully saturated rings. The summed E-state index contributed by atoms with van der Waals surface area (Å²) in [6, 6.07) is 10.6. The van der Waals surface area contributed by atoms with Gasteiger partial charge in [0.15, 0.2) is 5.16 Å². The second-order valence-corrected chi connectivity index (χ2v) is 9.63. The second kappa shape index (κ2) is 11.7. The molecular formula is C24H35N7O2S. The van der Waals surface area contributed by atoms with Gasteiger partial charge in [-0.3, -0.25) is 9.69 Å². The molecule has 0 aliphatic carbocycles. The third-order valence-corrected chi connectivity index (χ3v) is 6.45. The molecular weight excluding hydrogens is 450 g/mol. The van der Waals surface area contributed by atoms with Crippen molar-refractivity contribution in [1.29, 1.82) is 0 Å². The van der Waals surface area contributed by atoms with E-state index < -0.39 is 0 Å². The van der Waals surface area contributed by atoms with Crippen LogP contribution in [0.1, 0.15) is 13.8 Å². The van der Waals surface area contributed by atoms with Crippen LogP contribution in [0.25, 0.3) is 0 Å². The standard InChI is InChI=1S/C24H35N7O2S/c1-18(2)25-23(32)17-29-8-10-31(11-9-29)22-16-21(27-24(28-22)34-3)26-19-4-6-20(7-5-19)30-12-14-33-15-13-30/h4-7,16,18H,8-15,17H2,1-3H3,(H,25,32)(H,26,27,28). The summed E-state index contributed by atoms with van der Waals surface area (Å²) in [5, 5.41) is 7.15. The van der Waals surface area contributed by atoms with E-state index in [4.69, 9.17) is 9.72 Å². The first kappa shape index (κ1) is 24.6. The molecule has 2 aliphatic heterocycles. The topological polar surface area (TPSA) is 85.9 Å². The summed E-state index contributed by atoms with van der Waals surface area (Å²) in [7, 11) is 0. The van der Waals surface area contributed by atoms with Crippen LogP contribution < -0.4 is 20.4 Å². The minimum absolute atomic E-state index is 0.0845. The SMILES string of the molecule is CSc1nc(Nc2ccc(N3CCOCC3)cc2)cc(N2CCN(CC(=O)NC(C)C)CC2)n1. The number of rotatable bonds is 8. The van der Waals surface area contributed by atoms with Crippen molar-refractivity contribution in [3.63, 3.8) is 0 Å². The van der Waals surface area contributed by atoms with Crippen LogP contribution in [0.5, 0.6) is 0 Å². The highest BCUT2D eigenvalue weighted by atomic mass is 32.2. The van der Waals surface area contributed by atoms with Crippen LogP contribution >= 0.6 is 11.8 Å². The molecule has 184 valence electrons. The lowest BCUT2D eigenvalue weighted by molar-refractivity contribution is -0.122. The van der Waals surface area contributed by atoms with E-state index in [0.29, 0.717) is 6.54 Å². The number of piperazine rings is 1. The fourth-order valence-electron chi connectivity index (χ4n) is 4.16. The molecule has 2 saturated heterocycles. The maximum absolute atomic E-state index is 12.1. The van der Waals surface area contributed by atoms with Gasteiger partial charge in [-0.2, -0.15) is 0 Å². The number of nitrogens with zero attached hydrogens (tertiary/aromatic N) is 5. The molecule has 0 saturated carbocycles. The van der Waals surface area contributed by atoms with Gasteiger partial charge in [0.2, 0.25) is 5.91 Å². The Morgan fingerprint density at radius 3 is 2.38 bits per heavy atom. The van der Waals surface area contributed by atoms with Crippen LogP contribution in [0, 0.1) is 0 Å². The third kappa shape index (κ3) is 6.74. The van der Waals surface area contributed by atoms with Gasteiger partial charge in [0, 0.05) is 62.8 Å². The molecule has 2 aliphatic rings. The Labute approximate surface area is 206 Å². The first-order valence-corrected chi connectivity index (χ1v) is 13.1. The summed E-state index contributed by atoms with van der Waals surface area (Å²) in [4.78, 5) is 28.3. The molecule has 1 aromatic carbocycles. The van der Waals surface area contributed by atoms with E-state index >= 15 is 0 Å². The van der Waals surface area contributed by atoms with E-state index in [-0.39, 0.29) is 11.9 Å². The van der Waals surface area contributed by atoms with Crippen molar-refractivity contribution in [2.75, 3.05) is 80.4 Å². The van der Waals surface area contributed by atoms with Gasteiger partial charge in [-0.15, -0.1) is 0 Å². The van der Waals surface area contributed by atoms with Crippen LogP contribution in [-0.4, -0.2) is 92.1 Å². The lowest BCUT2D eigenvalue weighted by atomic mass is 10.2. The molecule has 0 atom stereocenters. The van der Waals surface area contributed by atoms with Crippen molar-refractivity contribution >= 4 is 40.7 Å². The van der Waals surface area contributed by atoms with Gasteiger partial charge in [-0.05, 0) is 44.4 Å². The molecule has 34 heavy (non-hydrogen) atoms. The molecule has 1 amide bonds. The predicted octanol–water partition coefficient (Wildman–Crippen LogP) is 2.43. The smallest absolute Gasteiger partial charge is 0.234 e. The van der Waals surface area contributed by atoms with E-state index in [9.17, 15) is 4.79 Å². The van der Waals surface area contributed by atoms with E-state index in [1.807, 2.05) is 26.2 Å². The largest absolute Gasteiger partial charge is 0.378 e. The van der Waals surface area contributed by atoms with Crippen molar-refractivity contribution in [3.8, 4) is 0 Å². The summed E-state index contributed by atoms with van der Waals surface area (Å²) >= 11 is 1.54. The van der Waals surface area contributed by atoms with Crippen LogP contribution in [0.3, 0.4) is 0 Å². The average Bonchev–Trinajstić information content (AvgIpc) is 2.85. The second-order valence-electron chi connectivity index (χ2n) is 8.85. The quantitative estimate of drug-likeness (QED) is 0.432. The first-order chi connectivity index (χ1) is 16.5. The van der Waals surface area contributed by atoms with E-state index in [1.54, 1.807) is 0 Å². The number of ether oxygens (including phenoxy) is 1. The van der Waals surface area contributed by atoms with E-state index in [0.717, 1.165) is 75.0 Å². The van der Waals surface area contributed by atoms with Gasteiger partial charge < -0.3 is 25.2 Å². The number of anilines is 4. The minimum atomic E-state index is 0.0845. The van der Waals surface area contributed by atoms with Gasteiger partial charge in [0.1, 0.15) is 11.6 Å². The fraction of sp³-hybridized carbons (Fsp3) is 0.542. The number of nitrogens with one attached hydrogen (secondary N) is 2. The maximum atomic E-state index is 12.1. The Bertz CT molecular complexity index is 943. The molecule has 1 aromatic heterocycles. The summed E-state index contributed by atoms with van der Waals surface area (Å²) in [6.07, 6.45) is 1.99. The molecule has 0 unspecified atom stereocenters. The van der Waals surface area contributed by atoms with Gasteiger partial charge in [0.25, 0.3) is 0 Å². The highest BCUT2D eigenvalue weighted by Gasteiger charge is 2.21. The number of hydrogen-bond acceptors (Lipinski definition) is 9. The Morgan fingerprint density at radius 1 is 1.03 bits per heavy atom. The number of benzene rings is 1. The van der Waals surface area contributed by atoms with Gasteiger partial charge in [-0.1, -0.05) is 11.8 Å². The molecule has 2 aromatic rings. The van der Waals surface area contributed by atoms with Crippen molar-refractivity contribution < 1.29 is 9.53 Å². The summed E-state index contributed by atoms with van der Waals surface area (Å²) in [5.74, 6) is 1.78. The zero-order chi connectivity index (χ0) is 23.9. The lowest BCUT2D eigenvalue weighted by Gasteiger charge is -2.35. The Balaban J connectivity index is 1.38. The molecule has 4 rings (SSSR count). The number of thioether (sulfide) groups is 1. The van der Waals surface area contributed by atoms with Crippen LogP contribution in [0.15, 0.2) is 35.5 Å². The monoisotopic (exact) mass is 485 g/mol. The van der Waals surface area contributed by atoms with E-state index in [2.05, 4.69) is 54.6 Å². The summed E-state index contributed by atoms with van der Waals surface area (Å²) < 4.78 is 5.45. The van der Waals surface area contributed by atoms with Crippen molar-refractivity contribution in [2.45, 2.75) is 25.0 Å². The van der Waals surface area contributed by atoms with Crippen LogP contribution in [0.4, 0.5) is 23.0 Å². The van der Waals surface area contributed by atoms with Gasteiger partial charge in [0.05, 0.1) is 19.8 Å². The molecule has 0 spiro atoms. The minimum Gasteiger partial charge on any atom is -0.378 e. The number of hydrogen-bond donors (Lipinski definition) is 2. The summed E-state index contributed by atoms with van der Waals surface area (Å²) in [6.45, 7) is 11.1. The zero-order valence-corrected chi connectivity index (χ0v) is 21.1. The number of aromatic nitrogens is 2. The van der Waals surface area contributed by atoms with Gasteiger partial charge in [-0.25, -0.2) is 9.97 Å². The highest BCUT2D eigenvalue weighted by molar-refractivity contribution is 7.98. The zero-order valence-electron chi connectivity index (χ0n) is 20.3. The molecule has 9 nitrogen and oxygen atoms in total. The Kier molecular flexibility index (Phi) is 8.47. The van der Waals surface area contributed by atoms with Crippen molar-refractivity contribution in [2.24, 2.45) is 0 Å². The Hall–Kier alpha value is -2.56. The molecule has 0 bridgehead atoms. The highest BCUT2D eigenvalue weighted by Crippen LogP contribution is 2.25. The number of carbonyl (C=O) groups excluding carboxylic acids is 1. The summed E-state index contributed by atoms with van der Waals surface area (Å²) in [5.41, 5.74) is 2.21. The predicted molar refractivity (Wildman–Crippen MR) is 139 cm³/mol. The average molecular weight is 486 g/mol. The molecule has 2 N–H and O–H groups in total. The fourth-order valence-corrected chi connectivity index (χ4v) is 4.54. The Morgan fingerprint density at radius 2 is 1.74 bits per heavy atom. The van der Waals surface area contributed by atoms with Crippen LogP contribution in [-0.2, 0) is 9.53 Å². The molecule has 0 radical (unpaired) electrons. The van der Waals surface area contributed by atoms with Crippen molar-refractivity contribution in [3.05, 3.63) is 30.3 Å². The normalized spacial score (nSPS) is 17.2. The van der Waals surface area contributed by atoms with E-state index in [1.165, 1.54) is 17.4 Å². The van der Waals surface area contributed by atoms with Crippen LogP contribution in [0.2, 0.25) is 0 Å². The number of carbonyl (C=O) groups is 1. The van der Waals surface area contributed by atoms with Crippen molar-refractivity contribution in [1.82, 2.24) is 20.2 Å². The molecule has 3 heterocycles. The van der Waals surface area contributed by atoms with Gasteiger partial charge >= 0.3 is 0 Å². The number of amides is 1. The first-order valence-electron chi connectivity index (χ1n) is 11.9. The molecule has 10 heteroatoms.